The van der Waals surface area contributed by atoms with Gasteiger partial charge in [0.25, 0.3) is 0 Å². The maximum absolute atomic E-state index is 12.8. The SMILES string of the molecule is C=CCn1c(CSc2ccc(C)cc2)nnc1SC(CC)C(=O)Nc1ccc(O)cc1. The predicted octanol–water partition coefficient (Wildman–Crippen LogP) is 5.28. The van der Waals surface area contributed by atoms with Gasteiger partial charge in [-0.05, 0) is 49.7 Å². The molecule has 1 aromatic heterocycles. The number of benzene rings is 2. The smallest absolute Gasteiger partial charge is 0.237 e. The quantitative estimate of drug-likeness (QED) is 0.246. The lowest BCUT2D eigenvalue weighted by molar-refractivity contribution is -0.115. The van der Waals surface area contributed by atoms with Crippen molar-refractivity contribution >= 4 is 35.1 Å². The van der Waals surface area contributed by atoms with Crippen LogP contribution in [-0.4, -0.2) is 31.0 Å². The minimum absolute atomic E-state index is 0.109. The fourth-order valence-electron chi connectivity index (χ4n) is 2.82. The van der Waals surface area contributed by atoms with Crippen LogP contribution < -0.4 is 5.32 Å². The molecule has 2 N–H and O–H groups in total. The van der Waals surface area contributed by atoms with Gasteiger partial charge in [-0.1, -0.05) is 42.5 Å². The monoisotopic (exact) mass is 454 g/mol. The second-order valence-electron chi connectivity index (χ2n) is 6.95. The summed E-state index contributed by atoms with van der Waals surface area (Å²) in [5.41, 5.74) is 1.87. The molecular weight excluding hydrogens is 428 g/mol. The number of aryl methyl sites for hydroxylation is 1. The van der Waals surface area contributed by atoms with Gasteiger partial charge in [0, 0.05) is 17.1 Å². The van der Waals surface area contributed by atoms with Gasteiger partial charge in [-0.15, -0.1) is 28.5 Å². The first-order chi connectivity index (χ1) is 15.0. The Morgan fingerprint density at radius 3 is 2.55 bits per heavy atom. The number of phenolic OH excluding ortho intramolecular Hbond substituents is 1. The van der Waals surface area contributed by atoms with Gasteiger partial charge >= 0.3 is 0 Å². The van der Waals surface area contributed by atoms with Crippen molar-refractivity contribution in [2.24, 2.45) is 0 Å². The number of amides is 1. The van der Waals surface area contributed by atoms with E-state index in [1.807, 2.05) is 17.6 Å². The number of hydrogen-bond donors (Lipinski definition) is 2. The maximum atomic E-state index is 12.8. The second-order valence-corrected chi connectivity index (χ2v) is 9.17. The molecule has 1 unspecified atom stereocenters. The molecule has 0 aliphatic rings. The molecule has 0 aliphatic carbocycles. The Hall–Kier alpha value is -2.71. The number of anilines is 1. The first kappa shape index (κ1) is 23.0. The molecule has 31 heavy (non-hydrogen) atoms. The molecular formula is C23H26N4O2S2. The fourth-order valence-corrected chi connectivity index (χ4v) is 4.64. The van der Waals surface area contributed by atoms with Crippen molar-refractivity contribution in [2.45, 2.75) is 47.9 Å². The van der Waals surface area contributed by atoms with Gasteiger partial charge < -0.3 is 15.0 Å². The topological polar surface area (TPSA) is 80.0 Å². The van der Waals surface area contributed by atoms with Crippen LogP contribution in [-0.2, 0) is 17.1 Å². The molecule has 1 atom stereocenters. The minimum Gasteiger partial charge on any atom is -0.508 e. The van der Waals surface area contributed by atoms with Crippen molar-refractivity contribution in [1.82, 2.24) is 14.8 Å². The third kappa shape index (κ3) is 6.38. The van der Waals surface area contributed by atoms with E-state index in [0.717, 1.165) is 5.82 Å². The lowest BCUT2D eigenvalue weighted by atomic mass is 10.2. The van der Waals surface area contributed by atoms with E-state index in [-0.39, 0.29) is 16.9 Å². The highest BCUT2D eigenvalue weighted by molar-refractivity contribution is 8.00. The molecule has 1 heterocycles. The van der Waals surface area contributed by atoms with Crippen LogP contribution in [0.3, 0.4) is 0 Å². The lowest BCUT2D eigenvalue weighted by Gasteiger charge is -2.15. The Kier molecular flexibility index (Phi) is 8.20. The van der Waals surface area contributed by atoms with Crippen LogP contribution in [0.4, 0.5) is 5.69 Å². The van der Waals surface area contributed by atoms with E-state index in [2.05, 4.69) is 53.3 Å². The van der Waals surface area contributed by atoms with E-state index in [1.165, 1.54) is 22.2 Å². The molecule has 0 fully saturated rings. The number of carbonyl (C=O) groups is 1. The highest BCUT2D eigenvalue weighted by atomic mass is 32.2. The van der Waals surface area contributed by atoms with Crippen LogP contribution in [0.15, 0.2) is 71.2 Å². The molecule has 0 saturated heterocycles. The van der Waals surface area contributed by atoms with E-state index >= 15 is 0 Å². The van der Waals surface area contributed by atoms with Gasteiger partial charge in [0.2, 0.25) is 5.91 Å². The van der Waals surface area contributed by atoms with Crippen LogP contribution in [0.1, 0.15) is 24.7 Å². The summed E-state index contributed by atoms with van der Waals surface area (Å²) in [6.45, 7) is 8.47. The number of phenols is 1. The summed E-state index contributed by atoms with van der Waals surface area (Å²) in [4.78, 5) is 13.9. The molecule has 0 saturated carbocycles. The zero-order chi connectivity index (χ0) is 22.2. The molecule has 8 heteroatoms. The molecule has 6 nitrogen and oxygen atoms in total. The Balaban J connectivity index is 1.69. The van der Waals surface area contributed by atoms with Gasteiger partial charge in [-0.2, -0.15) is 0 Å². The van der Waals surface area contributed by atoms with Crippen LogP contribution in [0, 0.1) is 6.92 Å². The number of aromatic hydroxyl groups is 1. The summed E-state index contributed by atoms with van der Waals surface area (Å²) >= 11 is 3.10. The highest BCUT2D eigenvalue weighted by Crippen LogP contribution is 2.29. The molecule has 2 aromatic carbocycles. The summed E-state index contributed by atoms with van der Waals surface area (Å²) < 4.78 is 2.01. The van der Waals surface area contributed by atoms with Gasteiger partial charge in [-0.25, -0.2) is 0 Å². The van der Waals surface area contributed by atoms with Crippen LogP contribution in [0.25, 0.3) is 0 Å². The average Bonchev–Trinajstić information content (AvgIpc) is 3.14. The van der Waals surface area contributed by atoms with Gasteiger partial charge in [-0.3, -0.25) is 4.79 Å². The molecule has 0 bridgehead atoms. The molecule has 3 rings (SSSR count). The van der Waals surface area contributed by atoms with E-state index in [4.69, 9.17) is 0 Å². The third-order valence-corrected chi connectivity index (χ3v) is 6.89. The first-order valence-corrected chi connectivity index (χ1v) is 11.9. The van der Waals surface area contributed by atoms with Crippen LogP contribution in [0.2, 0.25) is 0 Å². The summed E-state index contributed by atoms with van der Waals surface area (Å²) in [5.74, 6) is 1.58. The number of hydrogen-bond acceptors (Lipinski definition) is 6. The summed E-state index contributed by atoms with van der Waals surface area (Å²) in [6, 6.07) is 14.8. The Labute approximate surface area is 191 Å². The highest BCUT2D eigenvalue weighted by Gasteiger charge is 2.22. The molecule has 0 radical (unpaired) electrons. The maximum Gasteiger partial charge on any atom is 0.237 e. The first-order valence-electron chi connectivity index (χ1n) is 9.99. The zero-order valence-electron chi connectivity index (χ0n) is 17.6. The molecule has 162 valence electrons. The number of allylic oxidation sites excluding steroid dienone is 1. The van der Waals surface area contributed by atoms with E-state index in [1.54, 1.807) is 36.0 Å². The fraction of sp³-hybridized carbons (Fsp3) is 0.261. The van der Waals surface area contributed by atoms with Gasteiger partial charge in [0.15, 0.2) is 5.16 Å². The Morgan fingerprint density at radius 2 is 1.90 bits per heavy atom. The number of rotatable bonds is 10. The minimum atomic E-state index is -0.320. The largest absolute Gasteiger partial charge is 0.508 e. The second kappa shape index (κ2) is 11.1. The summed E-state index contributed by atoms with van der Waals surface area (Å²) in [5, 5.41) is 21.4. The average molecular weight is 455 g/mol. The van der Waals surface area contributed by atoms with E-state index in [0.29, 0.717) is 29.6 Å². The third-order valence-electron chi connectivity index (χ3n) is 4.54. The van der Waals surface area contributed by atoms with Crippen molar-refractivity contribution in [3.63, 3.8) is 0 Å². The van der Waals surface area contributed by atoms with Crippen molar-refractivity contribution < 1.29 is 9.90 Å². The Bertz CT molecular complexity index is 1020. The van der Waals surface area contributed by atoms with Crippen LogP contribution in [0.5, 0.6) is 5.75 Å². The molecule has 1 amide bonds. The number of nitrogens with zero attached hydrogens (tertiary/aromatic N) is 3. The predicted molar refractivity (Wildman–Crippen MR) is 128 cm³/mol. The molecule has 3 aromatic rings. The van der Waals surface area contributed by atoms with E-state index in [9.17, 15) is 9.90 Å². The van der Waals surface area contributed by atoms with E-state index < -0.39 is 0 Å². The normalized spacial score (nSPS) is 11.8. The summed E-state index contributed by atoms with van der Waals surface area (Å²) in [6.07, 6.45) is 2.45. The number of thioether (sulfide) groups is 2. The lowest BCUT2D eigenvalue weighted by Crippen LogP contribution is -2.25. The van der Waals surface area contributed by atoms with Gasteiger partial charge in [0.05, 0.1) is 11.0 Å². The Morgan fingerprint density at radius 1 is 1.19 bits per heavy atom. The number of aromatic nitrogens is 3. The standard InChI is InChI=1S/C23H26N4O2S2/c1-4-14-27-21(15-30-19-12-6-16(3)7-13-19)25-26-23(27)31-20(5-2)22(29)24-17-8-10-18(28)11-9-17/h4,6-13,20,28H,1,5,14-15H2,2-3H3,(H,24,29). The zero-order valence-corrected chi connectivity index (χ0v) is 19.2. The van der Waals surface area contributed by atoms with Crippen molar-refractivity contribution in [3.05, 3.63) is 72.6 Å². The number of carbonyl (C=O) groups excluding carboxylic acids is 1. The van der Waals surface area contributed by atoms with Gasteiger partial charge in [0.1, 0.15) is 11.6 Å². The molecule has 0 spiro atoms. The van der Waals surface area contributed by atoms with Crippen molar-refractivity contribution in [3.8, 4) is 5.75 Å². The number of nitrogens with one attached hydrogen (secondary N) is 1. The van der Waals surface area contributed by atoms with Crippen LogP contribution >= 0.6 is 23.5 Å². The van der Waals surface area contributed by atoms with Crippen molar-refractivity contribution in [2.75, 3.05) is 5.32 Å². The van der Waals surface area contributed by atoms with Crippen molar-refractivity contribution in [1.29, 1.82) is 0 Å². The summed E-state index contributed by atoms with van der Waals surface area (Å²) in [7, 11) is 0. The molecule has 0 aliphatic heterocycles.